The number of ether oxygens (including phenoxy) is 2. The molecule has 3 rings (SSSR count). The fourth-order valence-corrected chi connectivity index (χ4v) is 3.80. The van der Waals surface area contributed by atoms with Crippen LogP contribution in [-0.4, -0.2) is 60.3 Å². The average molecular weight is 391 g/mol. The van der Waals surface area contributed by atoms with Crippen molar-refractivity contribution >= 4 is 17.3 Å². The van der Waals surface area contributed by atoms with E-state index < -0.39 is 5.60 Å². The van der Waals surface area contributed by atoms with Crippen LogP contribution in [0.5, 0.6) is 0 Å². The lowest BCUT2D eigenvalue weighted by Crippen LogP contribution is -2.41. The predicted octanol–water partition coefficient (Wildman–Crippen LogP) is 2.74. The molecule has 2 aliphatic heterocycles. The number of morpholine rings is 1. The lowest BCUT2D eigenvalue weighted by atomic mass is 10.1. The molecule has 0 aromatic heterocycles. The molecule has 1 unspecified atom stereocenters. The Morgan fingerprint density at radius 3 is 2.64 bits per heavy atom. The summed E-state index contributed by atoms with van der Waals surface area (Å²) in [5, 5.41) is 11.3. The molecule has 2 heterocycles. The van der Waals surface area contributed by atoms with Crippen LogP contribution >= 0.6 is 0 Å². The van der Waals surface area contributed by atoms with Crippen molar-refractivity contribution < 1.29 is 19.2 Å². The molecule has 0 spiro atoms. The standard InChI is InChI=1S/C20H29N3O5/c1-20(2,3)28-19(24)18-5-4-8-22(18)14-15-13-16(23(25)26)6-7-17(15)21-9-11-27-12-10-21/h6-7,13,18H,4-5,8-12,14H2,1-3H3. The quantitative estimate of drug-likeness (QED) is 0.433. The van der Waals surface area contributed by atoms with Crippen molar-refractivity contribution in [1.29, 1.82) is 0 Å². The SMILES string of the molecule is CC(C)(C)OC(=O)C1CCCN1Cc1cc([N+](=O)[O-])ccc1N1CCOCC1. The Kier molecular flexibility index (Phi) is 6.20. The highest BCUT2D eigenvalue weighted by atomic mass is 16.6. The van der Waals surface area contributed by atoms with Gasteiger partial charge in [0.15, 0.2) is 0 Å². The smallest absolute Gasteiger partial charge is 0.323 e. The molecule has 0 radical (unpaired) electrons. The Hall–Kier alpha value is -2.19. The fraction of sp³-hybridized carbons (Fsp3) is 0.650. The van der Waals surface area contributed by atoms with Crippen molar-refractivity contribution in [3.05, 3.63) is 33.9 Å². The molecule has 0 aliphatic carbocycles. The molecular weight excluding hydrogens is 362 g/mol. The van der Waals surface area contributed by atoms with Crippen LogP contribution in [0.25, 0.3) is 0 Å². The van der Waals surface area contributed by atoms with Gasteiger partial charge in [-0.1, -0.05) is 0 Å². The van der Waals surface area contributed by atoms with E-state index in [0.717, 1.165) is 43.7 Å². The van der Waals surface area contributed by atoms with Crippen molar-refractivity contribution in [2.45, 2.75) is 51.8 Å². The van der Waals surface area contributed by atoms with E-state index in [0.29, 0.717) is 19.8 Å². The van der Waals surface area contributed by atoms with Gasteiger partial charge in [-0.15, -0.1) is 0 Å². The van der Waals surface area contributed by atoms with E-state index in [4.69, 9.17) is 9.47 Å². The van der Waals surface area contributed by atoms with Crippen LogP contribution < -0.4 is 4.90 Å². The number of benzene rings is 1. The van der Waals surface area contributed by atoms with Gasteiger partial charge >= 0.3 is 5.97 Å². The second-order valence-electron chi connectivity index (χ2n) is 8.33. The van der Waals surface area contributed by atoms with Gasteiger partial charge in [0.1, 0.15) is 11.6 Å². The summed E-state index contributed by atoms with van der Waals surface area (Å²) in [7, 11) is 0. The summed E-state index contributed by atoms with van der Waals surface area (Å²) in [4.78, 5) is 27.8. The number of hydrogen-bond acceptors (Lipinski definition) is 7. The first kappa shape index (κ1) is 20.5. The van der Waals surface area contributed by atoms with Crippen molar-refractivity contribution in [3.8, 4) is 0 Å². The zero-order chi connectivity index (χ0) is 20.3. The van der Waals surface area contributed by atoms with Gasteiger partial charge < -0.3 is 14.4 Å². The fourth-order valence-electron chi connectivity index (χ4n) is 3.80. The highest BCUT2D eigenvalue weighted by Crippen LogP contribution is 2.30. The van der Waals surface area contributed by atoms with Crippen molar-refractivity contribution in [2.75, 3.05) is 37.7 Å². The minimum Gasteiger partial charge on any atom is -0.459 e. The van der Waals surface area contributed by atoms with Crippen LogP contribution in [0.4, 0.5) is 11.4 Å². The second-order valence-corrected chi connectivity index (χ2v) is 8.33. The number of esters is 1. The van der Waals surface area contributed by atoms with E-state index in [2.05, 4.69) is 9.80 Å². The molecule has 2 saturated heterocycles. The number of non-ortho nitro benzene ring substituents is 1. The highest BCUT2D eigenvalue weighted by Gasteiger charge is 2.34. The van der Waals surface area contributed by atoms with Crippen LogP contribution in [0, 0.1) is 10.1 Å². The number of nitrogens with zero attached hydrogens (tertiary/aromatic N) is 3. The Morgan fingerprint density at radius 1 is 1.29 bits per heavy atom. The summed E-state index contributed by atoms with van der Waals surface area (Å²) >= 11 is 0. The maximum Gasteiger partial charge on any atom is 0.323 e. The zero-order valence-electron chi connectivity index (χ0n) is 16.8. The number of nitro benzene ring substituents is 1. The largest absolute Gasteiger partial charge is 0.459 e. The van der Waals surface area contributed by atoms with E-state index >= 15 is 0 Å². The molecule has 2 aliphatic rings. The van der Waals surface area contributed by atoms with Crippen LogP contribution in [0.15, 0.2) is 18.2 Å². The normalized spacial score (nSPS) is 21.0. The lowest BCUT2D eigenvalue weighted by Gasteiger charge is -2.32. The first-order valence-corrected chi connectivity index (χ1v) is 9.81. The molecule has 0 saturated carbocycles. The summed E-state index contributed by atoms with van der Waals surface area (Å²) in [6.07, 6.45) is 1.66. The maximum atomic E-state index is 12.6. The van der Waals surface area contributed by atoms with E-state index in [1.54, 1.807) is 12.1 Å². The summed E-state index contributed by atoms with van der Waals surface area (Å²) in [5.41, 5.74) is 1.38. The van der Waals surface area contributed by atoms with Gasteiger partial charge in [-0.2, -0.15) is 0 Å². The summed E-state index contributed by atoms with van der Waals surface area (Å²) < 4.78 is 11.0. The zero-order valence-corrected chi connectivity index (χ0v) is 16.8. The van der Waals surface area contributed by atoms with Gasteiger partial charge in [0.2, 0.25) is 0 Å². The van der Waals surface area contributed by atoms with E-state index in [1.165, 1.54) is 0 Å². The highest BCUT2D eigenvalue weighted by molar-refractivity contribution is 5.76. The van der Waals surface area contributed by atoms with E-state index in [-0.39, 0.29) is 22.6 Å². The minimum atomic E-state index is -0.532. The van der Waals surface area contributed by atoms with Crippen molar-refractivity contribution in [2.24, 2.45) is 0 Å². The Labute approximate surface area is 165 Å². The summed E-state index contributed by atoms with van der Waals surface area (Å²) in [6.45, 7) is 9.62. The summed E-state index contributed by atoms with van der Waals surface area (Å²) in [6, 6.07) is 4.69. The third-order valence-corrected chi connectivity index (χ3v) is 5.04. The van der Waals surface area contributed by atoms with Gasteiger partial charge in [-0.05, 0) is 51.8 Å². The monoisotopic (exact) mass is 391 g/mol. The minimum absolute atomic E-state index is 0.0695. The average Bonchev–Trinajstić information content (AvgIpc) is 3.09. The topological polar surface area (TPSA) is 85.1 Å². The molecular formula is C20H29N3O5. The van der Waals surface area contributed by atoms with Crippen LogP contribution in [0.1, 0.15) is 39.2 Å². The van der Waals surface area contributed by atoms with E-state index in [1.807, 2.05) is 26.8 Å². The van der Waals surface area contributed by atoms with Gasteiger partial charge in [0.05, 0.1) is 18.1 Å². The number of hydrogen-bond donors (Lipinski definition) is 0. The van der Waals surface area contributed by atoms with Crippen molar-refractivity contribution in [1.82, 2.24) is 4.90 Å². The Balaban J connectivity index is 1.83. The lowest BCUT2D eigenvalue weighted by molar-refractivity contribution is -0.384. The van der Waals surface area contributed by atoms with E-state index in [9.17, 15) is 14.9 Å². The number of anilines is 1. The first-order valence-electron chi connectivity index (χ1n) is 9.81. The third-order valence-electron chi connectivity index (χ3n) is 5.04. The van der Waals surface area contributed by atoms with Gasteiger partial charge in [0.25, 0.3) is 5.69 Å². The molecule has 2 fully saturated rings. The number of carbonyl (C=O) groups is 1. The third kappa shape index (κ3) is 4.99. The molecule has 8 heteroatoms. The van der Waals surface area contributed by atoms with Crippen LogP contribution in [-0.2, 0) is 20.8 Å². The number of rotatable bonds is 5. The second kappa shape index (κ2) is 8.45. The maximum absolute atomic E-state index is 12.6. The molecule has 0 N–H and O–H groups in total. The molecule has 154 valence electrons. The summed E-state index contributed by atoms with van der Waals surface area (Å²) in [5.74, 6) is -0.219. The Morgan fingerprint density at radius 2 is 2.00 bits per heavy atom. The van der Waals surface area contributed by atoms with Crippen LogP contribution in [0.2, 0.25) is 0 Å². The molecule has 1 aromatic rings. The Bertz CT molecular complexity index is 725. The van der Waals surface area contributed by atoms with Crippen LogP contribution in [0.3, 0.4) is 0 Å². The first-order chi connectivity index (χ1) is 13.2. The van der Waals surface area contributed by atoms with Crippen molar-refractivity contribution in [3.63, 3.8) is 0 Å². The van der Waals surface area contributed by atoms with Gasteiger partial charge in [0, 0.05) is 37.5 Å². The predicted molar refractivity (Wildman–Crippen MR) is 105 cm³/mol. The van der Waals surface area contributed by atoms with Gasteiger partial charge in [-0.3, -0.25) is 19.8 Å². The molecule has 8 nitrogen and oxygen atoms in total. The molecule has 1 atom stereocenters. The number of nitro groups is 1. The number of likely N-dealkylation sites (tertiary alicyclic amines) is 1. The molecule has 0 bridgehead atoms. The van der Waals surface area contributed by atoms with Gasteiger partial charge in [-0.25, -0.2) is 0 Å². The number of carbonyl (C=O) groups excluding carboxylic acids is 1. The molecule has 28 heavy (non-hydrogen) atoms. The molecule has 1 aromatic carbocycles. The molecule has 0 amide bonds.